The molecule has 0 bridgehead atoms. The smallest absolute Gasteiger partial charge is 0.270 e. The minimum atomic E-state index is -2.69. The van der Waals surface area contributed by atoms with E-state index in [0.29, 0.717) is 0 Å². The monoisotopic (exact) mass is 254 g/mol. The summed E-state index contributed by atoms with van der Waals surface area (Å²) in [6.45, 7) is 0. The van der Waals surface area contributed by atoms with Crippen molar-refractivity contribution in [1.82, 2.24) is 5.01 Å². The highest BCUT2D eigenvalue weighted by Crippen LogP contribution is 2.41. The Hall–Kier alpha value is -1.54. The zero-order chi connectivity index (χ0) is 13.4. The van der Waals surface area contributed by atoms with E-state index < -0.39 is 17.7 Å². The number of aliphatic hydroxyl groups is 4. The third-order valence-corrected chi connectivity index (χ3v) is 3.07. The van der Waals surface area contributed by atoms with Crippen molar-refractivity contribution in [2.75, 3.05) is 0 Å². The normalized spacial score (nSPS) is 22.8. The molecule has 1 aliphatic rings. The number of hydrogen-bond acceptors (Lipinski definition) is 6. The maximum absolute atomic E-state index is 10.5. The van der Waals surface area contributed by atoms with E-state index in [2.05, 4.69) is 5.29 Å². The highest BCUT2D eigenvalue weighted by molar-refractivity contribution is 5.21. The molecule has 0 unspecified atom stereocenters. The van der Waals surface area contributed by atoms with Gasteiger partial charge in [-0.15, -0.1) is 9.92 Å². The topological polar surface area (TPSA) is 114 Å². The van der Waals surface area contributed by atoms with Crippen LogP contribution >= 0.6 is 0 Å². The molecule has 1 saturated heterocycles. The van der Waals surface area contributed by atoms with E-state index in [1.807, 2.05) is 0 Å². The van der Waals surface area contributed by atoms with Crippen LogP contribution < -0.4 is 0 Å². The zero-order valence-corrected chi connectivity index (χ0v) is 9.47. The minimum Gasteiger partial charge on any atom is -0.348 e. The Morgan fingerprint density at radius 2 is 1.56 bits per heavy atom. The lowest BCUT2D eigenvalue weighted by atomic mass is 9.86. The van der Waals surface area contributed by atoms with Crippen molar-refractivity contribution < 1.29 is 20.4 Å². The van der Waals surface area contributed by atoms with Gasteiger partial charge >= 0.3 is 0 Å². The van der Waals surface area contributed by atoms with Crippen molar-refractivity contribution >= 4 is 0 Å². The first-order valence-electron chi connectivity index (χ1n) is 5.45. The van der Waals surface area contributed by atoms with Crippen LogP contribution in [0.15, 0.2) is 35.6 Å². The van der Waals surface area contributed by atoms with Gasteiger partial charge in [0, 0.05) is 12.8 Å². The van der Waals surface area contributed by atoms with Crippen molar-refractivity contribution in [2.45, 2.75) is 30.6 Å². The van der Waals surface area contributed by atoms with Gasteiger partial charge in [0.25, 0.3) is 11.8 Å². The summed E-state index contributed by atoms with van der Waals surface area (Å²) in [5.41, 5.74) is 0.725. The lowest BCUT2D eigenvalue weighted by molar-refractivity contribution is -0.409. The molecule has 7 heteroatoms. The van der Waals surface area contributed by atoms with Crippen molar-refractivity contribution in [3.05, 3.63) is 40.8 Å². The average Bonchev–Trinajstić information content (AvgIpc) is 2.27. The molecule has 7 nitrogen and oxygen atoms in total. The van der Waals surface area contributed by atoms with Crippen LogP contribution in [0.25, 0.3) is 0 Å². The molecule has 1 aromatic carbocycles. The van der Waals surface area contributed by atoms with E-state index in [-0.39, 0.29) is 17.9 Å². The van der Waals surface area contributed by atoms with Gasteiger partial charge in [-0.05, 0) is 11.5 Å². The Bertz CT molecular complexity index is 416. The number of hydrogen-bond donors (Lipinski definition) is 4. The number of nitrogens with zero attached hydrogens (tertiary/aromatic N) is 2. The van der Waals surface area contributed by atoms with E-state index in [4.69, 9.17) is 0 Å². The fraction of sp³-hybridized carbons (Fsp3) is 0.455. The van der Waals surface area contributed by atoms with Gasteiger partial charge in [0.2, 0.25) is 0 Å². The van der Waals surface area contributed by atoms with Crippen molar-refractivity contribution in [3.63, 3.8) is 0 Å². The average molecular weight is 254 g/mol. The summed E-state index contributed by atoms with van der Waals surface area (Å²) in [7, 11) is 0. The van der Waals surface area contributed by atoms with Gasteiger partial charge in [-0.3, -0.25) is 0 Å². The van der Waals surface area contributed by atoms with Crippen molar-refractivity contribution in [2.24, 2.45) is 5.29 Å². The Morgan fingerprint density at radius 3 is 2.00 bits per heavy atom. The predicted octanol–water partition coefficient (Wildman–Crippen LogP) is -0.176. The standard InChI is InChI=1S/C11H14N2O5/c14-10(15)6-9(8-4-2-1-3-5-8)7-11(16,17)13(10)12-18/h1-5,9,14-17H,6-7H2. The van der Waals surface area contributed by atoms with E-state index >= 15 is 0 Å². The first-order chi connectivity index (χ1) is 8.37. The highest BCUT2D eigenvalue weighted by Gasteiger charge is 2.53. The van der Waals surface area contributed by atoms with Gasteiger partial charge in [0.05, 0.1) is 5.29 Å². The molecule has 1 aliphatic heterocycles. The molecule has 1 fully saturated rings. The van der Waals surface area contributed by atoms with Gasteiger partial charge in [0.1, 0.15) is 0 Å². The second kappa shape index (κ2) is 4.29. The Balaban J connectivity index is 2.31. The van der Waals surface area contributed by atoms with E-state index in [1.165, 1.54) is 0 Å². The Kier molecular flexibility index (Phi) is 3.07. The molecule has 0 saturated carbocycles. The maximum atomic E-state index is 10.5. The lowest BCUT2D eigenvalue weighted by Gasteiger charge is -2.45. The van der Waals surface area contributed by atoms with Gasteiger partial charge in [-0.2, -0.15) is 0 Å². The summed E-state index contributed by atoms with van der Waals surface area (Å²) < 4.78 is 0. The first kappa shape index (κ1) is 12.9. The Labute approximate surface area is 103 Å². The third-order valence-electron chi connectivity index (χ3n) is 3.07. The summed E-state index contributed by atoms with van der Waals surface area (Å²) in [6, 6.07) is 8.78. The molecule has 1 aromatic rings. The molecular weight excluding hydrogens is 240 g/mol. The summed E-state index contributed by atoms with van der Waals surface area (Å²) >= 11 is 0. The van der Waals surface area contributed by atoms with Crippen LogP contribution in [0, 0.1) is 4.91 Å². The van der Waals surface area contributed by atoms with Crippen LogP contribution in [0.1, 0.15) is 24.3 Å². The summed E-state index contributed by atoms with van der Waals surface area (Å²) in [5, 5.41) is 40.9. The fourth-order valence-electron chi connectivity index (χ4n) is 2.28. The van der Waals surface area contributed by atoms with Crippen LogP contribution in [0.2, 0.25) is 0 Å². The highest BCUT2D eigenvalue weighted by atomic mass is 16.6. The minimum absolute atomic E-state index is 0.0422. The van der Waals surface area contributed by atoms with E-state index in [1.54, 1.807) is 30.3 Å². The molecule has 2 rings (SSSR count). The quantitative estimate of drug-likeness (QED) is 0.430. The Morgan fingerprint density at radius 1 is 1.06 bits per heavy atom. The van der Waals surface area contributed by atoms with Crippen LogP contribution in [0.4, 0.5) is 0 Å². The number of benzene rings is 1. The summed E-state index contributed by atoms with van der Waals surface area (Å²) in [6.07, 6.45) is -0.489. The summed E-state index contributed by atoms with van der Waals surface area (Å²) in [4.78, 5) is 10.5. The molecule has 1 heterocycles. The van der Waals surface area contributed by atoms with Crippen molar-refractivity contribution in [1.29, 1.82) is 0 Å². The van der Waals surface area contributed by atoms with E-state index in [0.717, 1.165) is 5.56 Å². The largest absolute Gasteiger partial charge is 0.348 e. The van der Waals surface area contributed by atoms with Crippen LogP contribution in [-0.4, -0.2) is 37.3 Å². The van der Waals surface area contributed by atoms with Crippen LogP contribution in [-0.2, 0) is 0 Å². The van der Waals surface area contributed by atoms with Gasteiger partial charge in [-0.1, -0.05) is 30.3 Å². The molecule has 18 heavy (non-hydrogen) atoms. The van der Waals surface area contributed by atoms with Gasteiger partial charge in [0.15, 0.2) is 0 Å². The summed E-state index contributed by atoms with van der Waals surface area (Å²) in [5.74, 6) is -5.89. The fourth-order valence-corrected chi connectivity index (χ4v) is 2.28. The third kappa shape index (κ3) is 2.21. The van der Waals surface area contributed by atoms with Crippen LogP contribution in [0.3, 0.4) is 0 Å². The second-order valence-electron chi connectivity index (χ2n) is 4.46. The SMILES string of the molecule is O=NN1C(O)(O)CC(c2ccccc2)CC1(O)O. The molecule has 0 spiro atoms. The second-order valence-corrected chi connectivity index (χ2v) is 4.46. The lowest BCUT2D eigenvalue weighted by Crippen LogP contribution is -2.62. The predicted molar refractivity (Wildman–Crippen MR) is 60.4 cm³/mol. The number of rotatable bonds is 2. The van der Waals surface area contributed by atoms with Gasteiger partial charge < -0.3 is 20.4 Å². The molecule has 0 radical (unpaired) electrons. The zero-order valence-electron chi connectivity index (χ0n) is 9.47. The van der Waals surface area contributed by atoms with Crippen molar-refractivity contribution in [3.8, 4) is 0 Å². The number of piperidine rings is 1. The maximum Gasteiger partial charge on any atom is 0.270 e. The number of nitroso groups, excluding NO2 is 1. The molecule has 0 aliphatic carbocycles. The molecule has 0 atom stereocenters. The molecule has 4 N–H and O–H groups in total. The first-order valence-corrected chi connectivity index (χ1v) is 5.45. The molecule has 0 amide bonds. The van der Waals surface area contributed by atoms with Gasteiger partial charge in [-0.25, -0.2) is 0 Å². The molecular formula is C11H14N2O5. The molecule has 0 aromatic heterocycles. The molecule has 98 valence electrons. The van der Waals surface area contributed by atoms with Crippen LogP contribution in [0.5, 0.6) is 0 Å². The van der Waals surface area contributed by atoms with E-state index in [9.17, 15) is 25.3 Å².